The smallest absolute Gasteiger partial charge is 0.319 e. The minimum absolute atomic E-state index is 0.00981. The standard InChI is InChI=1S/C23H30N4O4/c1-16-7-9-21(31-16)19(26-11-3-4-12-26)15-24-23(29)25-17-8-10-20(30-2)18(14-17)27-13-5-6-22(27)28/h7-10,14,19H,3-6,11-13,15H2,1-2H3,(H2,24,25,29). The molecule has 1 aromatic heterocycles. The monoisotopic (exact) mass is 426 g/mol. The Kier molecular flexibility index (Phi) is 6.46. The number of nitrogens with one attached hydrogen (secondary N) is 2. The highest BCUT2D eigenvalue weighted by Gasteiger charge is 2.27. The minimum atomic E-state index is -0.295. The van der Waals surface area contributed by atoms with E-state index < -0.39 is 0 Å². The summed E-state index contributed by atoms with van der Waals surface area (Å²) in [7, 11) is 1.58. The topological polar surface area (TPSA) is 87.0 Å². The van der Waals surface area contributed by atoms with Gasteiger partial charge in [-0.2, -0.15) is 0 Å². The molecule has 2 aliphatic rings. The van der Waals surface area contributed by atoms with E-state index >= 15 is 0 Å². The van der Waals surface area contributed by atoms with Crippen LogP contribution in [0.4, 0.5) is 16.2 Å². The van der Waals surface area contributed by atoms with Crippen molar-refractivity contribution in [2.75, 3.05) is 43.5 Å². The van der Waals surface area contributed by atoms with Crippen LogP contribution in [0.3, 0.4) is 0 Å². The molecule has 1 atom stereocenters. The summed E-state index contributed by atoms with van der Waals surface area (Å²) in [6.07, 6.45) is 3.67. The molecule has 166 valence electrons. The molecule has 2 aliphatic heterocycles. The molecule has 3 heterocycles. The van der Waals surface area contributed by atoms with Crippen molar-refractivity contribution in [1.82, 2.24) is 10.2 Å². The van der Waals surface area contributed by atoms with Crippen molar-refractivity contribution in [2.45, 2.75) is 38.6 Å². The molecule has 0 spiro atoms. The quantitative estimate of drug-likeness (QED) is 0.705. The molecule has 2 fully saturated rings. The van der Waals surface area contributed by atoms with Gasteiger partial charge in [-0.15, -0.1) is 0 Å². The Balaban J connectivity index is 1.42. The zero-order valence-corrected chi connectivity index (χ0v) is 18.1. The van der Waals surface area contributed by atoms with Crippen LogP contribution >= 0.6 is 0 Å². The molecule has 1 unspecified atom stereocenters. The van der Waals surface area contributed by atoms with Crippen LogP contribution in [-0.2, 0) is 4.79 Å². The first kappa shape index (κ1) is 21.2. The predicted octanol–water partition coefficient (Wildman–Crippen LogP) is 3.68. The highest BCUT2D eigenvalue weighted by atomic mass is 16.5. The van der Waals surface area contributed by atoms with Crippen LogP contribution in [0.15, 0.2) is 34.7 Å². The molecule has 8 nitrogen and oxygen atoms in total. The summed E-state index contributed by atoms with van der Waals surface area (Å²) in [5.41, 5.74) is 1.29. The van der Waals surface area contributed by atoms with E-state index in [1.54, 1.807) is 30.2 Å². The Morgan fingerprint density at radius 3 is 2.61 bits per heavy atom. The second-order valence-electron chi connectivity index (χ2n) is 8.08. The number of methoxy groups -OCH3 is 1. The SMILES string of the molecule is COc1ccc(NC(=O)NCC(c2ccc(C)o2)N2CCCC2)cc1N1CCCC1=O. The Hall–Kier alpha value is -3.00. The molecule has 2 saturated heterocycles. The van der Waals surface area contributed by atoms with Gasteiger partial charge in [0.1, 0.15) is 17.3 Å². The molecule has 2 N–H and O–H groups in total. The molecular weight excluding hydrogens is 396 g/mol. The second kappa shape index (κ2) is 9.43. The van der Waals surface area contributed by atoms with E-state index in [1.807, 2.05) is 19.1 Å². The van der Waals surface area contributed by atoms with Crippen LogP contribution in [0.2, 0.25) is 0 Å². The minimum Gasteiger partial charge on any atom is -0.495 e. The molecular formula is C23H30N4O4. The molecule has 4 rings (SSSR count). The number of carbonyl (C=O) groups is 2. The second-order valence-corrected chi connectivity index (χ2v) is 8.08. The summed E-state index contributed by atoms with van der Waals surface area (Å²) in [5, 5.41) is 5.86. The maximum Gasteiger partial charge on any atom is 0.319 e. The number of urea groups is 1. The van der Waals surface area contributed by atoms with Crippen LogP contribution in [0.1, 0.15) is 43.2 Å². The van der Waals surface area contributed by atoms with Crippen molar-refractivity contribution < 1.29 is 18.7 Å². The number of furan rings is 1. The summed E-state index contributed by atoms with van der Waals surface area (Å²) >= 11 is 0. The maximum atomic E-state index is 12.6. The van der Waals surface area contributed by atoms with Crippen LogP contribution in [-0.4, -0.2) is 50.1 Å². The highest BCUT2D eigenvalue weighted by Crippen LogP contribution is 2.34. The third-order valence-electron chi connectivity index (χ3n) is 5.93. The normalized spacial score (nSPS) is 17.7. The first-order valence-corrected chi connectivity index (χ1v) is 10.9. The largest absolute Gasteiger partial charge is 0.495 e. The van der Waals surface area contributed by atoms with Gasteiger partial charge < -0.3 is 24.7 Å². The van der Waals surface area contributed by atoms with Crippen molar-refractivity contribution >= 4 is 23.3 Å². The number of ether oxygens (including phenoxy) is 1. The van der Waals surface area contributed by atoms with Gasteiger partial charge in [-0.25, -0.2) is 4.79 Å². The lowest BCUT2D eigenvalue weighted by atomic mass is 10.2. The Morgan fingerprint density at radius 1 is 1.16 bits per heavy atom. The van der Waals surface area contributed by atoms with Crippen LogP contribution in [0.25, 0.3) is 0 Å². The van der Waals surface area contributed by atoms with E-state index in [4.69, 9.17) is 9.15 Å². The molecule has 0 radical (unpaired) electrons. The van der Waals surface area contributed by atoms with Gasteiger partial charge in [0, 0.05) is 25.2 Å². The molecule has 0 aliphatic carbocycles. The molecule has 1 aromatic carbocycles. The average Bonchev–Trinajstić information content (AvgIpc) is 3.51. The van der Waals surface area contributed by atoms with Gasteiger partial charge in [0.25, 0.3) is 0 Å². The summed E-state index contributed by atoms with van der Waals surface area (Å²) in [6, 6.07) is 8.99. The molecule has 2 aromatic rings. The fourth-order valence-electron chi connectivity index (χ4n) is 4.34. The van der Waals surface area contributed by atoms with Crippen molar-refractivity contribution in [1.29, 1.82) is 0 Å². The number of hydrogen-bond acceptors (Lipinski definition) is 5. The van der Waals surface area contributed by atoms with Crippen molar-refractivity contribution in [2.24, 2.45) is 0 Å². The zero-order valence-electron chi connectivity index (χ0n) is 18.1. The van der Waals surface area contributed by atoms with E-state index in [1.165, 1.54) is 0 Å². The number of benzene rings is 1. The predicted molar refractivity (Wildman–Crippen MR) is 119 cm³/mol. The number of anilines is 2. The lowest BCUT2D eigenvalue weighted by Crippen LogP contribution is -2.38. The van der Waals surface area contributed by atoms with Gasteiger partial charge >= 0.3 is 6.03 Å². The third kappa shape index (κ3) is 4.85. The van der Waals surface area contributed by atoms with Crippen LogP contribution < -0.4 is 20.3 Å². The number of nitrogens with zero attached hydrogens (tertiary/aromatic N) is 2. The van der Waals surface area contributed by atoms with Crippen molar-refractivity contribution in [3.8, 4) is 5.75 Å². The fraction of sp³-hybridized carbons (Fsp3) is 0.478. The maximum absolute atomic E-state index is 12.6. The molecule has 0 bridgehead atoms. The summed E-state index contributed by atoms with van der Waals surface area (Å²) in [4.78, 5) is 28.9. The number of rotatable bonds is 7. The lowest BCUT2D eigenvalue weighted by Gasteiger charge is -2.26. The Labute approximate surface area is 182 Å². The van der Waals surface area contributed by atoms with Crippen molar-refractivity contribution in [3.63, 3.8) is 0 Å². The van der Waals surface area contributed by atoms with Gasteiger partial charge in [0.15, 0.2) is 0 Å². The van der Waals surface area contributed by atoms with Gasteiger partial charge in [-0.1, -0.05) is 0 Å². The molecule has 8 heteroatoms. The first-order valence-electron chi connectivity index (χ1n) is 10.9. The number of amides is 3. The van der Waals surface area contributed by atoms with E-state index in [-0.39, 0.29) is 18.0 Å². The van der Waals surface area contributed by atoms with E-state index in [9.17, 15) is 9.59 Å². The van der Waals surface area contributed by atoms with E-state index in [0.717, 1.165) is 43.9 Å². The third-order valence-corrected chi connectivity index (χ3v) is 5.93. The van der Waals surface area contributed by atoms with Gasteiger partial charge in [-0.3, -0.25) is 9.69 Å². The van der Waals surface area contributed by atoms with Crippen LogP contribution in [0.5, 0.6) is 5.75 Å². The van der Waals surface area contributed by atoms with Gasteiger partial charge in [0.2, 0.25) is 5.91 Å². The van der Waals surface area contributed by atoms with E-state index in [0.29, 0.717) is 36.6 Å². The summed E-state index contributed by atoms with van der Waals surface area (Å²) in [6.45, 7) is 5.03. The highest BCUT2D eigenvalue weighted by molar-refractivity contribution is 5.98. The Morgan fingerprint density at radius 2 is 1.97 bits per heavy atom. The van der Waals surface area contributed by atoms with Crippen LogP contribution in [0, 0.1) is 6.92 Å². The average molecular weight is 427 g/mol. The number of carbonyl (C=O) groups excluding carboxylic acids is 2. The number of likely N-dealkylation sites (tertiary alicyclic amines) is 1. The lowest BCUT2D eigenvalue weighted by molar-refractivity contribution is -0.117. The van der Waals surface area contributed by atoms with Crippen molar-refractivity contribution in [3.05, 3.63) is 41.9 Å². The first-order chi connectivity index (χ1) is 15.0. The fourth-order valence-corrected chi connectivity index (χ4v) is 4.34. The molecule has 31 heavy (non-hydrogen) atoms. The number of aryl methyl sites for hydroxylation is 1. The van der Waals surface area contributed by atoms with E-state index in [2.05, 4.69) is 15.5 Å². The molecule has 0 saturated carbocycles. The zero-order chi connectivity index (χ0) is 21.8. The summed E-state index contributed by atoms with van der Waals surface area (Å²) in [5.74, 6) is 2.43. The summed E-state index contributed by atoms with van der Waals surface area (Å²) < 4.78 is 11.3. The molecule has 3 amide bonds. The van der Waals surface area contributed by atoms with Gasteiger partial charge in [-0.05, 0) is 69.6 Å². The number of hydrogen-bond donors (Lipinski definition) is 2. The van der Waals surface area contributed by atoms with Gasteiger partial charge in [0.05, 0.1) is 18.8 Å². The Bertz CT molecular complexity index is 935.